The van der Waals surface area contributed by atoms with Crippen molar-refractivity contribution in [3.63, 3.8) is 0 Å². The summed E-state index contributed by atoms with van der Waals surface area (Å²) in [5, 5.41) is 10.2. The Balaban J connectivity index is 1.98. The monoisotopic (exact) mass is 376 g/mol. The van der Waals surface area contributed by atoms with E-state index in [0.29, 0.717) is 5.92 Å². The van der Waals surface area contributed by atoms with Gasteiger partial charge < -0.3 is 10.8 Å². The van der Waals surface area contributed by atoms with Crippen LogP contribution in [-0.2, 0) is 11.0 Å². The summed E-state index contributed by atoms with van der Waals surface area (Å²) in [6.07, 6.45) is 5.24. The third-order valence-electron chi connectivity index (χ3n) is 5.65. The topological polar surface area (TPSA) is 84.9 Å². The van der Waals surface area contributed by atoms with E-state index in [9.17, 15) is 5.11 Å². The molecule has 0 aliphatic heterocycles. The maximum atomic E-state index is 10.2. The Morgan fingerprint density at radius 1 is 0.786 bits per heavy atom. The second-order valence-electron chi connectivity index (χ2n) is 8.26. The molecule has 0 bridgehead atoms. The molecule has 1 atom stereocenters. The lowest BCUT2D eigenvalue weighted by molar-refractivity contribution is 0.0781. The summed E-state index contributed by atoms with van der Waals surface area (Å²) in [6.45, 7) is 10.2. The highest BCUT2D eigenvalue weighted by molar-refractivity contribution is 5.62. The summed E-state index contributed by atoms with van der Waals surface area (Å²) in [5.41, 5.74) is 9.37. The molecule has 0 aliphatic rings. The van der Waals surface area contributed by atoms with Crippen LogP contribution in [0.2, 0.25) is 0 Å². The second kappa shape index (κ2) is 7.32. The molecular weight excluding hydrogens is 348 g/mol. The maximum Gasteiger partial charge on any atom is 0.219 e. The number of benzene rings is 1. The van der Waals surface area contributed by atoms with Crippen LogP contribution in [0.15, 0.2) is 55.0 Å². The van der Waals surface area contributed by atoms with Crippen molar-refractivity contribution in [1.29, 1.82) is 0 Å². The van der Waals surface area contributed by atoms with E-state index in [1.165, 1.54) is 5.56 Å². The number of hydrogen-bond donors (Lipinski definition) is 2. The van der Waals surface area contributed by atoms with E-state index in [2.05, 4.69) is 55.0 Å². The van der Waals surface area contributed by atoms with E-state index in [4.69, 9.17) is 10.7 Å². The predicted molar refractivity (Wildman–Crippen MR) is 113 cm³/mol. The van der Waals surface area contributed by atoms with Gasteiger partial charge in [0.25, 0.3) is 0 Å². The quantitative estimate of drug-likeness (QED) is 0.693. The van der Waals surface area contributed by atoms with Crippen molar-refractivity contribution in [2.24, 2.45) is 5.92 Å². The maximum absolute atomic E-state index is 10.2. The molecule has 0 saturated carbocycles. The lowest BCUT2D eigenvalue weighted by Crippen LogP contribution is -2.31. The molecule has 3 rings (SSSR count). The van der Waals surface area contributed by atoms with Gasteiger partial charge in [-0.15, -0.1) is 0 Å². The molecule has 2 heterocycles. The number of pyridine rings is 1. The fourth-order valence-corrected chi connectivity index (χ4v) is 3.34. The second-order valence-corrected chi connectivity index (χ2v) is 8.26. The minimum atomic E-state index is -0.900. The van der Waals surface area contributed by atoms with E-state index in [1.54, 1.807) is 32.4 Å². The Kier molecular flexibility index (Phi) is 5.22. The van der Waals surface area contributed by atoms with Gasteiger partial charge in [0.2, 0.25) is 5.95 Å². The lowest BCUT2D eigenvalue weighted by atomic mass is 9.70. The van der Waals surface area contributed by atoms with E-state index < -0.39 is 5.60 Å². The summed E-state index contributed by atoms with van der Waals surface area (Å²) < 4.78 is 0. The zero-order valence-electron chi connectivity index (χ0n) is 17.1. The fraction of sp³-hybridized carbons (Fsp3) is 0.348. The molecule has 1 aromatic carbocycles. The molecule has 3 aromatic rings. The van der Waals surface area contributed by atoms with Crippen molar-refractivity contribution in [2.75, 3.05) is 5.73 Å². The molecule has 3 N–H and O–H groups in total. The lowest BCUT2D eigenvalue weighted by Gasteiger charge is -2.34. The van der Waals surface area contributed by atoms with Gasteiger partial charge in [-0.05, 0) is 43.9 Å². The summed E-state index contributed by atoms with van der Waals surface area (Å²) in [4.78, 5) is 12.8. The number of nitrogen functional groups attached to an aromatic ring is 1. The molecule has 28 heavy (non-hydrogen) atoms. The normalized spacial score (nSPS) is 14.1. The van der Waals surface area contributed by atoms with Gasteiger partial charge in [-0.3, -0.25) is 4.98 Å². The van der Waals surface area contributed by atoms with Gasteiger partial charge in [0, 0.05) is 35.1 Å². The van der Waals surface area contributed by atoms with Gasteiger partial charge in [-0.1, -0.05) is 44.2 Å². The number of aromatic nitrogens is 3. The number of nitrogens with zero attached hydrogens (tertiary/aromatic N) is 3. The number of aliphatic hydroxyl groups is 1. The van der Waals surface area contributed by atoms with E-state index in [0.717, 1.165) is 22.4 Å². The van der Waals surface area contributed by atoms with Crippen LogP contribution in [0.4, 0.5) is 5.95 Å². The van der Waals surface area contributed by atoms with E-state index >= 15 is 0 Å². The van der Waals surface area contributed by atoms with E-state index in [-0.39, 0.29) is 11.4 Å². The van der Waals surface area contributed by atoms with Crippen LogP contribution in [0.3, 0.4) is 0 Å². The highest BCUT2D eigenvalue weighted by Crippen LogP contribution is 2.39. The number of rotatable bonds is 5. The third-order valence-corrected chi connectivity index (χ3v) is 5.65. The first-order valence-corrected chi connectivity index (χ1v) is 9.50. The van der Waals surface area contributed by atoms with Crippen LogP contribution < -0.4 is 5.73 Å². The minimum Gasteiger partial charge on any atom is -0.386 e. The fourth-order valence-electron chi connectivity index (χ4n) is 3.34. The molecule has 0 unspecified atom stereocenters. The van der Waals surface area contributed by atoms with Crippen molar-refractivity contribution in [1.82, 2.24) is 15.0 Å². The van der Waals surface area contributed by atoms with Crippen molar-refractivity contribution in [3.8, 4) is 11.1 Å². The highest BCUT2D eigenvalue weighted by atomic mass is 16.3. The minimum absolute atomic E-state index is 0.256. The van der Waals surface area contributed by atoms with Crippen molar-refractivity contribution < 1.29 is 5.11 Å². The Morgan fingerprint density at radius 2 is 1.36 bits per heavy atom. The first-order chi connectivity index (χ1) is 13.1. The van der Waals surface area contributed by atoms with Gasteiger partial charge in [0.1, 0.15) is 0 Å². The smallest absolute Gasteiger partial charge is 0.219 e. The van der Waals surface area contributed by atoms with Gasteiger partial charge >= 0.3 is 0 Å². The molecule has 0 radical (unpaired) electrons. The first-order valence-electron chi connectivity index (χ1n) is 9.50. The summed E-state index contributed by atoms with van der Waals surface area (Å²) >= 11 is 0. The standard InChI is InChI=1S/C23H28N4O/c1-15(2)23(5,20-11-10-19(14-25-20)22(3,4)28)18-8-6-16(7-9-18)17-12-26-21(24)27-13-17/h6-15,28H,1-5H3,(H2,24,26,27)/t23-/m1/s1. The van der Waals surface area contributed by atoms with Crippen molar-refractivity contribution in [3.05, 3.63) is 71.8 Å². The molecular formula is C23H28N4O. The molecule has 0 fully saturated rings. The zero-order valence-corrected chi connectivity index (χ0v) is 17.1. The summed E-state index contributed by atoms with van der Waals surface area (Å²) in [6, 6.07) is 12.4. The number of nitrogens with two attached hydrogens (primary N) is 1. The molecule has 5 heteroatoms. The van der Waals surface area contributed by atoms with Crippen LogP contribution >= 0.6 is 0 Å². The van der Waals surface area contributed by atoms with Gasteiger partial charge in [-0.25, -0.2) is 9.97 Å². The van der Waals surface area contributed by atoms with Crippen LogP contribution in [0.25, 0.3) is 11.1 Å². The highest BCUT2D eigenvalue weighted by Gasteiger charge is 2.34. The average Bonchev–Trinajstić information content (AvgIpc) is 2.67. The van der Waals surface area contributed by atoms with Crippen molar-refractivity contribution in [2.45, 2.75) is 45.6 Å². The zero-order chi connectivity index (χ0) is 20.5. The Morgan fingerprint density at radius 3 is 1.82 bits per heavy atom. The Bertz CT molecular complexity index is 926. The Labute approximate surface area is 166 Å². The van der Waals surface area contributed by atoms with Crippen LogP contribution in [0, 0.1) is 5.92 Å². The van der Waals surface area contributed by atoms with Gasteiger partial charge in [0.05, 0.1) is 11.3 Å². The SMILES string of the molecule is CC(C)[C@](C)(c1ccc(-c2cnc(N)nc2)cc1)c1ccc(C(C)(C)O)cn1. The molecule has 5 nitrogen and oxygen atoms in total. The molecule has 0 spiro atoms. The average molecular weight is 377 g/mol. The van der Waals surface area contributed by atoms with Crippen LogP contribution in [0.5, 0.6) is 0 Å². The van der Waals surface area contributed by atoms with Crippen LogP contribution in [-0.4, -0.2) is 20.1 Å². The van der Waals surface area contributed by atoms with E-state index in [1.807, 2.05) is 12.1 Å². The molecule has 0 saturated heterocycles. The number of anilines is 1. The summed E-state index contributed by atoms with van der Waals surface area (Å²) in [7, 11) is 0. The largest absolute Gasteiger partial charge is 0.386 e. The predicted octanol–water partition coefficient (Wildman–Crippen LogP) is 4.31. The van der Waals surface area contributed by atoms with Gasteiger partial charge in [-0.2, -0.15) is 0 Å². The van der Waals surface area contributed by atoms with Crippen molar-refractivity contribution >= 4 is 5.95 Å². The molecule has 2 aromatic heterocycles. The summed E-state index contributed by atoms with van der Waals surface area (Å²) in [5.74, 6) is 0.604. The molecule has 0 aliphatic carbocycles. The molecule has 146 valence electrons. The van der Waals surface area contributed by atoms with Crippen LogP contribution in [0.1, 0.15) is 51.4 Å². The number of hydrogen-bond acceptors (Lipinski definition) is 5. The molecule has 0 amide bonds. The first kappa shape index (κ1) is 20.0. The third kappa shape index (κ3) is 3.76. The van der Waals surface area contributed by atoms with Gasteiger partial charge in [0.15, 0.2) is 0 Å². The Hall–Kier alpha value is -2.79.